The summed E-state index contributed by atoms with van der Waals surface area (Å²) in [5, 5.41) is 10.7. The van der Waals surface area contributed by atoms with E-state index in [9.17, 15) is 14.7 Å². The molecule has 4 heterocycles. The van der Waals surface area contributed by atoms with E-state index in [2.05, 4.69) is 46.1 Å². The Balaban J connectivity index is 1.44. The predicted molar refractivity (Wildman–Crippen MR) is 133 cm³/mol. The van der Waals surface area contributed by atoms with Gasteiger partial charge in [-0.1, -0.05) is 41.2 Å². The Morgan fingerprint density at radius 2 is 1.86 bits per heavy atom. The van der Waals surface area contributed by atoms with E-state index in [4.69, 9.17) is 9.47 Å². The van der Waals surface area contributed by atoms with Crippen LogP contribution in [0, 0.1) is 45.8 Å². The average molecular weight is 498 g/mol. The summed E-state index contributed by atoms with van der Waals surface area (Å²) in [4.78, 5) is 30.4. The van der Waals surface area contributed by atoms with Crippen LogP contribution in [0.3, 0.4) is 0 Å². The van der Waals surface area contributed by atoms with Gasteiger partial charge in [-0.2, -0.15) is 0 Å². The maximum Gasteiger partial charge on any atom is 0.308 e. The number of aliphatic hydroxyl groups is 1. The third-order valence-corrected chi connectivity index (χ3v) is 13.1. The quantitative estimate of drug-likeness (QED) is 0.394. The number of nitrogens with zero attached hydrogens (tertiary/aromatic N) is 1. The van der Waals surface area contributed by atoms with Crippen molar-refractivity contribution in [2.24, 2.45) is 45.8 Å². The minimum Gasteiger partial charge on any atom is -0.443 e. The molecule has 1 spiro atoms. The first-order valence-electron chi connectivity index (χ1n) is 14.4. The summed E-state index contributed by atoms with van der Waals surface area (Å²) in [5.41, 5.74) is -1.42. The summed E-state index contributed by atoms with van der Waals surface area (Å²) in [6.07, 6.45) is 5.81. The Morgan fingerprint density at radius 3 is 2.61 bits per heavy atom. The highest BCUT2D eigenvalue weighted by molar-refractivity contribution is 5.88. The molecule has 7 fully saturated rings. The highest BCUT2D eigenvalue weighted by Gasteiger charge is 2.82. The molecule has 36 heavy (non-hydrogen) atoms. The Bertz CT molecular complexity index is 1070. The van der Waals surface area contributed by atoms with Crippen molar-refractivity contribution in [3.8, 4) is 0 Å². The lowest BCUT2D eigenvalue weighted by Gasteiger charge is -2.77. The van der Waals surface area contributed by atoms with E-state index in [1.807, 2.05) is 0 Å². The molecule has 4 saturated heterocycles. The van der Waals surface area contributed by atoms with Crippen molar-refractivity contribution < 1.29 is 24.2 Å². The molecular weight excluding hydrogens is 454 g/mol. The number of carbonyl (C=O) groups is 2. The fraction of sp³-hybridized carbons (Fsp3) is 0.867. The minimum absolute atomic E-state index is 0.119. The van der Waals surface area contributed by atoms with Gasteiger partial charge >= 0.3 is 5.97 Å². The first-order valence-corrected chi connectivity index (χ1v) is 14.4. The monoisotopic (exact) mass is 497 g/mol. The summed E-state index contributed by atoms with van der Waals surface area (Å²) < 4.78 is 13.5. The van der Waals surface area contributed by atoms with Crippen LogP contribution in [0.2, 0.25) is 0 Å². The number of fused-ring (bicyclic) bond motifs is 5. The number of hydrogen-bond acceptors (Lipinski definition) is 6. The van der Waals surface area contributed by atoms with E-state index in [1.54, 1.807) is 0 Å². The predicted octanol–water partition coefficient (Wildman–Crippen LogP) is 4.45. The lowest BCUT2D eigenvalue weighted by atomic mass is 9.33. The van der Waals surface area contributed by atoms with Crippen molar-refractivity contribution in [1.82, 2.24) is 4.90 Å². The van der Waals surface area contributed by atoms with Crippen LogP contribution in [0.4, 0.5) is 0 Å². The molecule has 6 nitrogen and oxygen atoms in total. The first-order chi connectivity index (χ1) is 16.8. The Hall–Kier alpha value is -1.24. The summed E-state index contributed by atoms with van der Waals surface area (Å²) in [7, 11) is 0. The molecular formula is C30H43NO5. The average Bonchev–Trinajstić information content (AvgIpc) is 3.06. The van der Waals surface area contributed by atoms with Crippen LogP contribution in [0.15, 0.2) is 12.2 Å². The largest absolute Gasteiger partial charge is 0.443 e. The smallest absolute Gasteiger partial charge is 0.308 e. The molecule has 3 aliphatic carbocycles. The van der Waals surface area contributed by atoms with E-state index in [0.717, 1.165) is 44.2 Å². The third kappa shape index (κ3) is 2.47. The van der Waals surface area contributed by atoms with Crippen molar-refractivity contribution >= 4 is 11.8 Å². The standard InChI is InChI=1S/C30H43NO5/c1-16-9-19-14-31-29(12-16,35-19)8-7-28(6)27(5)13-23(33)36-30(28,31)15-26(4)21-10-17(2)22(32)11-20(21)18(3)24(34)25(26)27/h16,18-22,25,32H,2,7-15H2,1,3-6H3. The topological polar surface area (TPSA) is 76.1 Å². The highest BCUT2D eigenvalue weighted by Crippen LogP contribution is 2.78. The lowest BCUT2D eigenvalue weighted by molar-refractivity contribution is -0.380. The molecule has 1 N–H and O–H groups in total. The van der Waals surface area contributed by atoms with Crippen molar-refractivity contribution in [1.29, 1.82) is 0 Å². The summed E-state index contributed by atoms with van der Waals surface area (Å²) in [5.74, 6) is 0.773. The minimum atomic E-state index is -0.776. The zero-order valence-corrected chi connectivity index (χ0v) is 22.6. The van der Waals surface area contributed by atoms with Gasteiger partial charge in [-0.15, -0.1) is 0 Å². The fourth-order valence-electron chi connectivity index (χ4n) is 11.5. The van der Waals surface area contributed by atoms with Gasteiger partial charge in [0, 0.05) is 30.2 Å². The van der Waals surface area contributed by atoms with Gasteiger partial charge in [-0.05, 0) is 72.7 Å². The second-order valence-corrected chi connectivity index (χ2v) is 14.7. The molecule has 0 amide bonds. The van der Waals surface area contributed by atoms with Crippen LogP contribution >= 0.6 is 0 Å². The molecule has 4 bridgehead atoms. The number of piperidine rings is 1. The number of esters is 1. The van der Waals surface area contributed by atoms with E-state index in [0.29, 0.717) is 31.0 Å². The van der Waals surface area contributed by atoms with E-state index in [-0.39, 0.29) is 52.3 Å². The molecule has 7 rings (SSSR count). The van der Waals surface area contributed by atoms with Crippen LogP contribution in [0.25, 0.3) is 0 Å². The molecule has 6 heteroatoms. The van der Waals surface area contributed by atoms with Gasteiger partial charge < -0.3 is 14.6 Å². The summed E-state index contributed by atoms with van der Waals surface area (Å²) in [6, 6.07) is 0. The van der Waals surface area contributed by atoms with E-state index in [1.165, 1.54) is 0 Å². The lowest BCUT2D eigenvalue weighted by Crippen LogP contribution is -2.83. The van der Waals surface area contributed by atoms with Crippen LogP contribution in [-0.4, -0.2) is 52.0 Å². The second-order valence-electron chi connectivity index (χ2n) is 14.7. The van der Waals surface area contributed by atoms with Gasteiger partial charge in [-0.3, -0.25) is 9.59 Å². The van der Waals surface area contributed by atoms with E-state index < -0.39 is 17.2 Å². The number of carbonyl (C=O) groups excluding carboxylic acids is 2. The summed E-state index contributed by atoms with van der Waals surface area (Å²) in [6.45, 7) is 16.3. The van der Waals surface area contributed by atoms with Crippen LogP contribution in [0.5, 0.6) is 0 Å². The summed E-state index contributed by atoms with van der Waals surface area (Å²) >= 11 is 0. The number of ketones is 1. The molecule has 0 aromatic carbocycles. The van der Waals surface area contributed by atoms with Gasteiger partial charge in [0.25, 0.3) is 0 Å². The maximum atomic E-state index is 14.4. The molecule has 3 saturated carbocycles. The Kier molecular flexibility index (Phi) is 4.53. The number of ether oxygens (including phenoxy) is 2. The highest BCUT2D eigenvalue weighted by atomic mass is 16.6. The molecule has 198 valence electrons. The molecule has 0 aromatic heterocycles. The van der Waals surface area contributed by atoms with Crippen LogP contribution in [-0.2, 0) is 19.1 Å². The van der Waals surface area contributed by atoms with Crippen molar-refractivity contribution in [3.05, 3.63) is 12.2 Å². The second kappa shape index (κ2) is 6.84. The molecule has 4 aliphatic heterocycles. The Morgan fingerprint density at radius 1 is 1.11 bits per heavy atom. The number of rotatable bonds is 0. The van der Waals surface area contributed by atoms with E-state index >= 15 is 0 Å². The van der Waals surface area contributed by atoms with Crippen molar-refractivity contribution in [3.63, 3.8) is 0 Å². The zero-order valence-electron chi connectivity index (χ0n) is 22.6. The molecule has 7 aliphatic rings. The number of hydrogen-bond donors (Lipinski definition) is 1. The molecule has 12 atom stereocenters. The number of aliphatic hydroxyl groups excluding tert-OH is 1. The van der Waals surface area contributed by atoms with Crippen molar-refractivity contribution in [2.45, 2.75) is 110 Å². The van der Waals surface area contributed by atoms with Gasteiger partial charge in [-0.25, -0.2) is 4.90 Å². The third-order valence-electron chi connectivity index (χ3n) is 13.1. The normalized spacial score (nSPS) is 59.9. The zero-order chi connectivity index (χ0) is 25.6. The molecule has 0 aromatic rings. The van der Waals surface area contributed by atoms with Gasteiger partial charge in [0.2, 0.25) is 0 Å². The SMILES string of the molecule is C=C1CC2C(CC1O)C(C)C(=O)C1C2(C)CC23OC(=O)CC1(C)C2(C)CCC12CC(C)CC(CN13)O2. The van der Waals surface area contributed by atoms with Crippen molar-refractivity contribution in [2.75, 3.05) is 6.54 Å². The maximum absolute atomic E-state index is 14.4. The van der Waals surface area contributed by atoms with Crippen LogP contribution < -0.4 is 0 Å². The van der Waals surface area contributed by atoms with Crippen LogP contribution in [0.1, 0.15) is 86.0 Å². The van der Waals surface area contributed by atoms with Gasteiger partial charge in [0.05, 0.1) is 18.6 Å². The first kappa shape index (κ1) is 23.8. The fourth-order valence-corrected chi connectivity index (χ4v) is 11.5. The molecule has 12 unspecified atom stereocenters. The molecule has 0 radical (unpaired) electrons. The number of Topliss-reactive ketones (excluding diaryl/α,β-unsaturated/α-hetero) is 1. The van der Waals surface area contributed by atoms with Gasteiger partial charge in [0.15, 0.2) is 5.72 Å². The Labute approximate surface area is 215 Å². The van der Waals surface area contributed by atoms with Gasteiger partial charge in [0.1, 0.15) is 11.5 Å².